The van der Waals surface area contributed by atoms with Crippen LogP contribution in [0.4, 0.5) is 0 Å². The molecule has 4 heteroatoms. The second kappa shape index (κ2) is 4.58. The Morgan fingerprint density at radius 2 is 2.24 bits per heavy atom. The summed E-state index contributed by atoms with van der Waals surface area (Å²) < 4.78 is 0. The third kappa shape index (κ3) is 2.20. The molecule has 1 aliphatic heterocycles. The van der Waals surface area contributed by atoms with Crippen molar-refractivity contribution < 1.29 is 9.90 Å². The van der Waals surface area contributed by atoms with Gasteiger partial charge in [0.2, 0.25) is 5.91 Å². The van der Waals surface area contributed by atoms with Crippen LogP contribution in [-0.4, -0.2) is 41.1 Å². The second-order valence-corrected chi connectivity index (χ2v) is 5.96. The molecule has 0 bridgehead atoms. The van der Waals surface area contributed by atoms with Crippen molar-refractivity contribution in [2.75, 3.05) is 13.1 Å². The van der Waals surface area contributed by atoms with Gasteiger partial charge in [-0.1, -0.05) is 6.42 Å². The van der Waals surface area contributed by atoms with E-state index in [4.69, 9.17) is 5.73 Å². The summed E-state index contributed by atoms with van der Waals surface area (Å²) in [5, 5.41) is 9.57. The van der Waals surface area contributed by atoms with Crippen molar-refractivity contribution in [2.45, 2.75) is 51.7 Å². The molecule has 17 heavy (non-hydrogen) atoms. The molecule has 0 aromatic carbocycles. The fourth-order valence-corrected chi connectivity index (χ4v) is 3.19. The second-order valence-electron chi connectivity index (χ2n) is 5.96. The maximum absolute atomic E-state index is 12.5. The van der Waals surface area contributed by atoms with Gasteiger partial charge in [0, 0.05) is 25.0 Å². The van der Waals surface area contributed by atoms with Gasteiger partial charge in [-0.2, -0.15) is 0 Å². The molecule has 2 fully saturated rings. The lowest BCUT2D eigenvalue weighted by Crippen LogP contribution is -2.48. The number of hydrogen-bond donors (Lipinski definition) is 2. The van der Waals surface area contributed by atoms with Crippen LogP contribution in [-0.2, 0) is 4.79 Å². The molecule has 0 radical (unpaired) electrons. The van der Waals surface area contributed by atoms with E-state index in [9.17, 15) is 9.90 Å². The zero-order valence-electron chi connectivity index (χ0n) is 10.9. The molecule has 1 heterocycles. The lowest BCUT2D eigenvalue weighted by atomic mass is 9.83. The summed E-state index contributed by atoms with van der Waals surface area (Å²) in [5.74, 6) is 0.436. The minimum Gasteiger partial charge on any atom is -0.393 e. The Morgan fingerprint density at radius 1 is 1.53 bits per heavy atom. The standard InChI is InChI=1S/C13H24N2O2/c1-9(16)10-5-7-15(8-10)12(17)13(2)6-3-4-11(13)14/h9-11,16H,3-8,14H2,1-2H3. The van der Waals surface area contributed by atoms with E-state index in [-0.39, 0.29) is 29.4 Å². The zero-order chi connectivity index (χ0) is 12.6. The molecule has 4 nitrogen and oxygen atoms in total. The molecule has 0 spiro atoms. The Morgan fingerprint density at radius 3 is 2.71 bits per heavy atom. The van der Waals surface area contributed by atoms with Gasteiger partial charge in [0.15, 0.2) is 0 Å². The number of carbonyl (C=O) groups excluding carboxylic acids is 1. The van der Waals surface area contributed by atoms with Crippen LogP contribution in [0.15, 0.2) is 0 Å². The van der Waals surface area contributed by atoms with Crippen molar-refractivity contribution in [2.24, 2.45) is 17.1 Å². The Bertz CT molecular complexity index is 306. The number of aliphatic hydroxyl groups excluding tert-OH is 1. The number of likely N-dealkylation sites (tertiary alicyclic amines) is 1. The van der Waals surface area contributed by atoms with Gasteiger partial charge in [-0.25, -0.2) is 0 Å². The molecule has 98 valence electrons. The number of hydrogen-bond acceptors (Lipinski definition) is 3. The normalized spacial score (nSPS) is 39.6. The van der Waals surface area contributed by atoms with Gasteiger partial charge >= 0.3 is 0 Å². The van der Waals surface area contributed by atoms with Gasteiger partial charge in [-0.15, -0.1) is 0 Å². The van der Waals surface area contributed by atoms with Crippen molar-refractivity contribution in [3.63, 3.8) is 0 Å². The van der Waals surface area contributed by atoms with E-state index in [1.807, 2.05) is 18.7 Å². The average molecular weight is 240 g/mol. The van der Waals surface area contributed by atoms with Crippen molar-refractivity contribution in [3.8, 4) is 0 Å². The Kier molecular flexibility index (Phi) is 3.46. The lowest BCUT2D eigenvalue weighted by Gasteiger charge is -2.32. The number of carbonyl (C=O) groups is 1. The van der Waals surface area contributed by atoms with E-state index >= 15 is 0 Å². The van der Waals surface area contributed by atoms with Crippen LogP contribution >= 0.6 is 0 Å². The minimum atomic E-state index is -0.367. The summed E-state index contributed by atoms with van der Waals surface area (Å²) in [6, 6.07) is 0.000556. The summed E-state index contributed by atoms with van der Waals surface area (Å²) in [6.45, 7) is 5.28. The quantitative estimate of drug-likeness (QED) is 0.748. The predicted octanol–water partition coefficient (Wildman–Crippen LogP) is 0.733. The zero-order valence-corrected chi connectivity index (χ0v) is 10.9. The SMILES string of the molecule is CC(O)C1CCN(C(=O)C2(C)CCCC2N)C1. The fraction of sp³-hybridized carbons (Fsp3) is 0.923. The van der Waals surface area contributed by atoms with Crippen LogP contribution in [0.5, 0.6) is 0 Å². The fourth-order valence-electron chi connectivity index (χ4n) is 3.19. The average Bonchev–Trinajstić information content (AvgIpc) is 2.87. The highest BCUT2D eigenvalue weighted by atomic mass is 16.3. The number of nitrogens with zero attached hydrogens (tertiary/aromatic N) is 1. The first-order chi connectivity index (χ1) is 7.95. The highest BCUT2D eigenvalue weighted by Crippen LogP contribution is 2.39. The smallest absolute Gasteiger partial charge is 0.230 e. The molecule has 4 unspecified atom stereocenters. The number of rotatable bonds is 2. The number of aliphatic hydroxyl groups is 1. The third-order valence-electron chi connectivity index (χ3n) is 4.71. The summed E-state index contributed by atoms with van der Waals surface area (Å²) in [4.78, 5) is 14.4. The molecule has 0 aromatic rings. The molecular formula is C13H24N2O2. The maximum atomic E-state index is 12.5. The molecule has 2 aliphatic rings. The first-order valence-electron chi connectivity index (χ1n) is 6.68. The van der Waals surface area contributed by atoms with Gasteiger partial charge in [0.05, 0.1) is 11.5 Å². The molecule has 1 saturated carbocycles. The summed E-state index contributed by atoms with van der Waals surface area (Å²) in [5.41, 5.74) is 5.71. The first-order valence-corrected chi connectivity index (χ1v) is 6.68. The van der Waals surface area contributed by atoms with Crippen molar-refractivity contribution in [3.05, 3.63) is 0 Å². The highest BCUT2D eigenvalue weighted by Gasteiger charge is 2.46. The Hall–Kier alpha value is -0.610. The van der Waals surface area contributed by atoms with Crippen molar-refractivity contribution in [1.29, 1.82) is 0 Å². The molecule has 0 aromatic heterocycles. The monoisotopic (exact) mass is 240 g/mol. The Labute approximate surface area is 103 Å². The van der Waals surface area contributed by atoms with Gasteiger partial charge in [0.25, 0.3) is 0 Å². The molecule has 1 aliphatic carbocycles. The van der Waals surface area contributed by atoms with E-state index in [0.29, 0.717) is 6.54 Å². The van der Waals surface area contributed by atoms with Crippen LogP contribution in [0.3, 0.4) is 0 Å². The van der Waals surface area contributed by atoms with E-state index in [0.717, 1.165) is 32.2 Å². The van der Waals surface area contributed by atoms with Crippen molar-refractivity contribution >= 4 is 5.91 Å². The van der Waals surface area contributed by atoms with E-state index in [1.165, 1.54) is 0 Å². The molecule has 2 rings (SSSR count). The lowest BCUT2D eigenvalue weighted by molar-refractivity contribution is -0.140. The molecule has 4 atom stereocenters. The van der Waals surface area contributed by atoms with Gasteiger partial charge in [0.1, 0.15) is 0 Å². The predicted molar refractivity (Wildman–Crippen MR) is 66.3 cm³/mol. The summed E-state index contributed by atoms with van der Waals surface area (Å²) >= 11 is 0. The first kappa shape index (κ1) is 12.8. The maximum Gasteiger partial charge on any atom is 0.230 e. The van der Waals surface area contributed by atoms with Crippen molar-refractivity contribution in [1.82, 2.24) is 4.90 Å². The largest absolute Gasteiger partial charge is 0.393 e. The van der Waals surface area contributed by atoms with E-state index in [2.05, 4.69) is 0 Å². The van der Waals surface area contributed by atoms with Gasteiger partial charge < -0.3 is 15.7 Å². The van der Waals surface area contributed by atoms with Crippen LogP contribution in [0.25, 0.3) is 0 Å². The highest BCUT2D eigenvalue weighted by molar-refractivity contribution is 5.83. The van der Waals surface area contributed by atoms with E-state index in [1.54, 1.807) is 0 Å². The van der Waals surface area contributed by atoms with Crippen LogP contribution in [0.1, 0.15) is 39.5 Å². The topological polar surface area (TPSA) is 66.6 Å². The molecule has 1 amide bonds. The number of amides is 1. The van der Waals surface area contributed by atoms with Crippen LogP contribution in [0, 0.1) is 11.3 Å². The summed E-state index contributed by atoms with van der Waals surface area (Å²) in [7, 11) is 0. The molecule has 1 saturated heterocycles. The van der Waals surface area contributed by atoms with E-state index < -0.39 is 0 Å². The molecule has 3 N–H and O–H groups in total. The van der Waals surface area contributed by atoms with Crippen LogP contribution in [0.2, 0.25) is 0 Å². The summed E-state index contributed by atoms with van der Waals surface area (Å²) in [6.07, 6.45) is 3.50. The van der Waals surface area contributed by atoms with Gasteiger partial charge in [-0.3, -0.25) is 4.79 Å². The molecular weight excluding hydrogens is 216 g/mol. The Balaban J connectivity index is 2.02. The van der Waals surface area contributed by atoms with Crippen LogP contribution < -0.4 is 5.73 Å². The van der Waals surface area contributed by atoms with Gasteiger partial charge in [-0.05, 0) is 33.1 Å². The minimum absolute atomic E-state index is 0.000556. The third-order valence-corrected chi connectivity index (χ3v) is 4.71. The number of nitrogens with two attached hydrogens (primary N) is 1.